The molecule has 0 saturated carbocycles. The van der Waals surface area contributed by atoms with E-state index in [9.17, 15) is 4.79 Å². The fraction of sp³-hybridized carbons (Fsp3) is 0.143. The van der Waals surface area contributed by atoms with E-state index in [4.69, 9.17) is 9.26 Å². The zero-order valence-corrected chi connectivity index (χ0v) is 18.0. The zero-order valence-electron chi connectivity index (χ0n) is 17.2. The summed E-state index contributed by atoms with van der Waals surface area (Å²) >= 11 is 1.66. The molecule has 32 heavy (non-hydrogen) atoms. The van der Waals surface area contributed by atoms with Crippen LogP contribution in [0, 0.1) is 0 Å². The lowest BCUT2D eigenvalue weighted by molar-refractivity contribution is 0.369. The third-order valence-corrected chi connectivity index (χ3v) is 5.61. The standard InChI is InChI=1S/C21H17N7O3S/c1-30-15-7-5-14(6-8-15)28-20-18(24-26-28)21(29)27(12-22-20)11-17-23-19(25-31-17)13-3-9-16(32-2)10-4-13/h3-10,12H,11H2,1-2H3. The second kappa shape index (κ2) is 8.27. The minimum Gasteiger partial charge on any atom is -0.497 e. The number of rotatable bonds is 6. The summed E-state index contributed by atoms with van der Waals surface area (Å²) in [5.74, 6) is 1.47. The van der Waals surface area contributed by atoms with Crippen LogP contribution < -0.4 is 10.3 Å². The largest absolute Gasteiger partial charge is 0.497 e. The molecule has 0 aliphatic carbocycles. The molecule has 5 rings (SSSR count). The van der Waals surface area contributed by atoms with Crippen LogP contribution in [0.2, 0.25) is 0 Å². The Kier molecular flexibility index (Phi) is 5.15. The van der Waals surface area contributed by atoms with E-state index in [-0.39, 0.29) is 17.6 Å². The van der Waals surface area contributed by atoms with Gasteiger partial charge in [0.2, 0.25) is 11.7 Å². The third-order valence-electron chi connectivity index (χ3n) is 4.87. The first-order chi connectivity index (χ1) is 15.7. The minimum absolute atomic E-state index is 0.0765. The Bertz CT molecular complexity index is 1440. The van der Waals surface area contributed by atoms with Gasteiger partial charge >= 0.3 is 0 Å². The van der Waals surface area contributed by atoms with Crippen LogP contribution in [0.1, 0.15) is 5.89 Å². The van der Waals surface area contributed by atoms with Crippen molar-refractivity contribution >= 4 is 22.9 Å². The molecule has 3 heterocycles. The van der Waals surface area contributed by atoms with Gasteiger partial charge in [0, 0.05) is 10.5 Å². The molecule has 0 radical (unpaired) electrons. The first kappa shape index (κ1) is 19.9. The molecule has 2 aromatic carbocycles. The van der Waals surface area contributed by atoms with E-state index in [1.54, 1.807) is 31.0 Å². The highest BCUT2D eigenvalue weighted by molar-refractivity contribution is 7.98. The Morgan fingerprint density at radius 1 is 1.09 bits per heavy atom. The smallest absolute Gasteiger partial charge is 0.284 e. The number of thioether (sulfide) groups is 1. The van der Waals surface area contributed by atoms with E-state index in [1.807, 2.05) is 42.7 Å². The van der Waals surface area contributed by atoms with Gasteiger partial charge in [-0.3, -0.25) is 9.36 Å². The number of aromatic nitrogens is 7. The van der Waals surface area contributed by atoms with Crippen LogP contribution >= 0.6 is 11.8 Å². The molecule has 3 aromatic heterocycles. The quantitative estimate of drug-likeness (QED) is 0.362. The highest BCUT2D eigenvalue weighted by Gasteiger charge is 2.16. The van der Waals surface area contributed by atoms with Crippen LogP contribution in [-0.4, -0.2) is 48.1 Å². The maximum absolute atomic E-state index is 12.9. The molecule has 0 unspecified atom stereocenters. The number of benzene rings is 2. The van der Waals surface area contributed by atoms with Gasteiger partial charge in [0.25, 0.3) is 5.56 Å². The lowest BCUT2D eigenvalue weighted by Crippen LogP contribution is -2.21. The van der Waals surface area contributed by atoms with E-state index in [0.717, 1.165) is 10.5 Å². The average Bonchev–Trinajstić information content (AvgIpc) is 3.49. The van der Waals surface area contributed by atoms with E-state index in [2.05, 4.69) is 25.4 Å². The summed E-state index contributed by atoms with van der Waals surface area (Å²) < 4.78 is 13.4. The molecule has 0 N–H and O–H groups in total. The number of nitrogens with zero attached hydrogens (tertiary/aromatic N) is 7. The predicted molar refractivity (Wildman–Crippen MR) is 118 cm³/mol. The van der Waals surface area contributed by atoms with Crippen molar-refractivity contribution in [3.05, 3.63) is 71.1 Å². The summed E-state index contributed by atoms with van der Waals surface area (Å²) in [5.41, 5.74) is 1.71. The van der Waals surface area contributed by atoms with Crippen molar-refractivity contribution in [3.8, 4) is 22.8 Å². The van der Waals surface area contributed by atoms with Gasteiger partial charge < -0.3 is 9.26 Å². The number of hydrogen-bond donors (Lipinski definition) is 0. The van der Waals surface area contributed by atoms with E-state index in [0.29, 0.717) is 28.8 Å². The summed E-state index contributed by atoms with van der Waals surface area (Å²) in [7, 11) is 1.59. The Labute approximate surface area is 185 Å². The van der Waals surface area contributed by atoms with Gasteiger partial charge in [-0.2, -0.15) is 9.67 Å². The molecule has 0 spiro atoms. The third kappa shape index (κ3) is 3.62. The van der Waals surface area contributed by atoms with Crippen LogP contribution in [0.3, 0.4) is 0 Å². The Morgan fingerprint density at radius 2 is 1.88 bits per heavy atom. The molecule has 0 aliphatic heterocycles. The molecule has 11 heteroatoms. The Balaban J connectivity index is 1.42. The fourth-order valence-corrected chi connectivity index (χ4v) is 3.58. The van der Waals surface area contributed by atoms with Crippen LogP contribution in [-0.2, 0) is 6.54 Å². The van der Waals surface area contributed by atoms with Gasteiger partial charge in [-0.1, -0.05) is 10.4 Å². The van der Waals surface area contributed by atoms with Crippen LogP contribution in [0.4, 0.5) is 0 Å². The van der Waals surface area contributed by atoms with Crippen molar-refractivity contribution in [2.75, 3.05) is 13.4 Å². The van der Waals surface area contributed by atoms with Crippen LogP contribution in [0.15, 0.2) is 69.1 Å². The molecule has 10 nitrogen and oxygen atoms in total. The monoisotopic (exact) mass is 447 g/mol. The first-order valence-electron chi connectivity index (χ1n) is 9.58. The van der Waals surface area contributed by atoms with Crippen molar-refractivity contribution in [3.63, 3.8) is 0 Å². The van der Waals surface area contributed by atoms with Crippen molar-refractivity contribution in [1.82, 2.24) is 34.7 Å². The van der Waals surface area contributed by atoms with E-state index < -0.39 is 0 Å². The maximum atomic E-state index is 12.9. The summed E-state index contributed by atoms with van der Waals surface area (Å²) in [6.07, 6.45) is 3.44. The molecule has 0 saturated heterocycles. The molecule has 0 atom stereocenters. The van der Waals surface area contributed by atoms with Gasteiger partial charge in [0.15, 0.2) is 11.2 Å². The van der Waals surface area contributed by atoms with Crippen LogP contribution in [0.5, 0.6) is 5.75 Å². The number of hydrogen-bond acceptors (Lipinski definition) is 9. The second-order valence-corrected chi connectivity index (χ2v) is 7.67. The summed E-state index contributed by atoms with van der Waals surface area (Å²) in [6, 6.07) is 15.1. The van der Waals surface area contributed by atoms with Crippen molar-refractivity contribution < 1.29 is 9.26 Å². The first-order valence-corrected chi connectivity index (χ1v) is 10.8. The predicted octanol–water partition coefficient (Wildman–Crippen LogP) is 2.81. The van der Waals surface area contributed by atoms with Gasteiger partial charge in [0.05, 0.1) is 12.8 Å². The highest BCUT2D eigenvalue weighted by Crippen LogP contribution is 2.21. The van der Waals surface area contributed by atoms with E-state index in [1.165, 1.54) is 15.6 Å². The van der Waals surface area contributed by atoms with Crippen LogP contribution in [0.25, 0.3) is 28.2 Å². The van der Waals surface area contributed by atoms with Gasteiger partial charge in [0.1, 0.15) is 18.6 Å². The summed E-state index contributed by atoms with van der Waals surface area (Å²) in [4.78, 5) is 22.8. The lowest BCUT2D eigenvalue weighted by Gasteiger charge is -2.04. The number of fused-ring (bicyclic) bond motifs is 1. The van der Waals surface area contributed by atoms with Gasteiger partial charge in [-0.25, -0.2) is 4.98 Å². The normalized spacial score (nSPS) is 11.2. The molecule has 5 aromatic rings. The molecule has 160 valence electrons. The van der Waals surface area contributed by atoms with E-state index >= 15 is 0 Å². The molecule has 0 aliphatic rings. The minimum atomic E-state index is -0.348. The van der Waals surface area contributed by atoms with Gasteiger partial charge in [-0.05, 0) is 54.8 Å². The lowest BCUT2D eigenvalue weighted by atomic mass is 10.2. The highest BCUT2D eigenvalue weighted by atomic mass is 32.2. The summed E-state index contributed by atoms with van der Waals surface area (Å²) in [5, 5.41) is 12.1. The molecular formula is C21H17N7O3S. The Hall–Kier alpha value is -3.99. The second-order valence-electron chi connectivity index (χ2n) is 6.79. The zero-order chi connectivity index (χ0) is 22.1. The fourth-order valence-electron chi connectivity index (χ4n) is 3.18. The molecule has 0 bridgehead atoms. The molecule has 0 fully saturated rings. The Morgan fingerprint density at radius 3 is 2.59 bits per heavy atom. The number of ether oxygens (including phenoxy) is 1. The van der Waals surface area contributed by atoms with Crippen molar-refractivity contribution in [2.24, 2.45) is 0 Å². The van der Waals surface area contributed by atoms with Crippen molar-refractivity contribution in [1.29, 1.82) is 0 Å². The molecular weight excluding hydrogens is 430 g/mol. The molecule has 0 amide bonds. The summed E-state index contributed by atoms with van der Waals surface area (Å²) in [6.45, 7) is 0.0765. The number of methoxy groups -OCH3 is 1. The van der Waals surface area contributed by atoms with Gasteiger partial charge in [-0.15, -0.1) is 16.9 Å². The average molecular weight is 447 g/mol. The topological polar surface area (TPSA) is 114 Å². The SMILES string of the molecule is COc1ccc(-n2nnc3c(=O)n(Cc4nc(-c5ccc(SC)cc5)no4)cnc32)cc1. The van der Waals surface area contributed by atoms with Crippen molar-refractivity contribution in [2.45, 2.75) is 11.4 Å². The maximum Gasteiger partial charge on any atom is 0.284 e.